The fraction of sp³-hybridized carbons (Fsp3) is 0.400. The number of amides is 1. The van der Waals surface area contributed by atoms with Crippen molar-refractivity contribution >= 4 is 11.7 Å². The van der Waals surface area contributed by atoms with Gasteiger partial charge in [-0.25, -0.2) is 0 Å². The molecule has 0 radical (unpaired) electrons. The molecular formula is C20H24N6O3. The van der Waals surface area contributed by atoms with Gasteiger partial charge in [-0.05, 0) is 37.0 Å². The van der Waals surface area contributed by atoms with Crippen LogP contribution in [0.2, 0.25) is 0 Å². The number of rotatable bonds is 8. The highest BCUT2D eigenvalue weighted by molar-refractivity contribution is 6.02. The highest BCUT2D eigenvalue weighted by atomic mass is 16.5. The molecule has 0 atom stereocenters. The summed E-state index contributed by atoms with van der Waals surface area (Å²) in [5.74, 6) is 1.97. The number of pyridine rings is 1. The summed E-state index contributed by atoms with van der Waals surface area (Å²) in [6.45, 7) is 1.05. The molecule has 1 amide bonds. The summed E-state index contributed by atoms with van der Waals surface area (Å²) in [5.41, 5.74) is 2.19. The first kappa shape index (κ1) is 19.1. The van der Waals surface area contributed by atoms with E-state index in [1.54, 1.807) is 32.6 Å². The number of H-pyrrole nitrogens is 1. The summed E-state index contributed by atoms with van der Waals surface area (Å²) in [6.07, 6.45) is 5.50. The van der Waals surface area contributed by atoms with Crippen LogP contribution in [0.15, 0.2) is 36.7 Å². The van der Waals surface area contributed by atoms with Crippen LogP contribution in [-0.2, 0) is 18.4 Å². The lowest BCUT2D eigenvalue weighted by atomic mass is 9.74. The zero-order valence-electron chi connectivity index (χ0n) is 16.5. The lowest BCUT2D eigenvalue weighted by Gasteiger charge is -2.34. The molecule has 2 N–H and O–H groups in total. The maximum atomic E-state index is 12.5. The normalized spacial score (nSPS) is 18.3. The number of carbonyl (C=O) groups excluding carboxylic acids is 1. The second-order valence-electron chi connectivity index (χ2n) is 7.27. The SMILES string of the molecule is COCc1cc(C(=O)Nc2cc(C3CC(COc4cccnc4)C3)[nH]n2)n(C)n1. The van der Waals surface area contributed by atoms with Crippen LogP contribution in [0, 0.1) is 5.92 Å². The summed E-state index contributed by atoms with van der Waals surface area (Å²) in [6, 6.07) is 7.38. The molecule has 29 heavy (non-hydrogen) atoms. The number of nitrogens with zero attached hydrogens (tertiary/aromatic N) is 4. The predicted octanol–water partition coefficient (Wildman–Crippen LogP) is 2.51. The van der Waals surface area contributed by atoms with Gasteiger partial charge in [0.2, 0.25) is 0 Å². The van der Waals surface area contributed by atoms with Crippen molar-refractivity contribution in [2.24, 2.45) is 13.0 Å². The molecule has 0 spiro atoms. The first-order valence-corrected chi connectivity index (χ1v) is 9.53. The molecule has 0 unspecified atom stereocenters. The average Bonchev–Trinajstić information content (AvgIpc) is 3.28. The quantitative estimate of drug-likeness (QED) is 0.606. The van der Waals surface area contributed by atoms with Gasteiger partial charge < -0.3 is 14.8 Å². The van der Waals surface area contributed by atoms with E-state index in [1.165, 1.54) is 4.68 Å². The Bertz CT molecular complexity index is 962. The third-order valence-corrected chi connectivity index (χ3v) is 5.09. The number of aromatic nitrogens is 5. The van der Waals surface area contributed by atoms with Crippen LogP contribution in [0.4, 0.5) is 5.82 Å². The second-order valence-corrected chi connectivity index (χ2v) is 7.27. The minimum Gasteiger partial charge on any atom is -0.492 e. The van der Waals surface area contributed by atoms with E-state index in [2.05, 4.69) is 25.6 Å². The Kier molecular flexibility index (Phi) is 5.57. The minimum atomic E-state index is -0.253. The Balaban J connectivity index is 1.27. The van der Waals surface area contributed by atoms with Crippen LogP contribution >= 0.6 is 0 Å². The number of carbonyl (C=O) groups is 1. The van der Waals surface area contributed by atoms with E-state index in [-0.39, 0.29) is 5.91 Å². The first-order valence-electron chi connectivity index (χ1n) is 9.53. The highest BCUT2D eigenvalue weighted by Crippen LogP contribution is 2.41. The number of anilines is 1. The molecule has 3 aromatic rings. The van der Waals surface area contributed by atoms with Crippen molar-refractivity contribution < 1.29 is 14.3 Å². The number of hydrogen-bond donors (Lipinski definition) is 2. The maximum Gasteiger partial charge on any atom is 0.275 e. The van der Waals surface area contributed by atoms with Crippen molar-refractivity contribution in [1.82, 2.24) is 25.0 Å². The van der Waals surface area contributed by atoms with Crippen LogP contribution in [0.5, 0.6) is 5.75 Å². The molecule has 9 heteroatoms. The van der Waals surface area contributed by atoms with Gasteiger partial charge in [-0.15, -0.1) is 0 Å². The summed E-state index contributed by atoms with van der Waals surface area (Å²) >= 11 is 0. The van der Waals surface area contributed by atoms with E-state index in [4.69, 9.17) is 9.47 Å². The van der Waals surface area contributed by atoms with Gasteiger partial charge in [0.15, 0.2) is 5.82 Å². The average molecular weight is 396 g/mol. The van der Waals surface area contributed by atoms with Crippen LogP contribution in [0.25, 0.3) is 0 Å². The number of aromatic amines is 1. The van der Waals surface area contributed by atoms with Gasteiger partial charge in [-0.2, -0.15) is 10.2 Å². The Labute approximate surface area is 168 Å². The van der Waals surface area contributed by atoms with Gasteiger partial charge in [-0.3, -0.25) is 19.6 Å². The predicted molar refractivity (Wildman–Crippen MR) is 106 cm³/mol. The molecule has 9 nitrogen and oxygen atoms in total. The van der Waals surface area contributed by atoms with Crippen LogP contribution in [0.3, 0.4) is 0 Å². The Morgan fingerprint density at radius 2 is 2.24 bits per heavy atom. The molecule has 152 valence electrons. The van der Waals surface area contributed by atoms with Gasteiger partial charge in [-0.1, -0.05) is 0 Å². The number of nitrogens with one attached hydrogen (secondary N) is 2. The molecule has 1 saturated carbocycles. The molecule has 3 heterocycles. The lowest BCUT2D eigenvalue weighted by molar-refractivity contribution is 0.101. The largest absolute Gasteiger partial charge is 0.492 e. The molecule has 0 bridgehead atoms. The zero-order valence-corrected chi connectivity index (χ0v) is 16.5. The first-order chi connectivity index (χ1) is 14.1. The highest BCUT2D eigenvalue weighted by Gasteiger charge is 2.32. The molecular weight excluding hydrogens is 372 g/mol. The number of methoxy groups -OCH3 is 1. The van der Waals surface area contributed by atoms with E-state index in [0.717, 1.165) is 24.3 Å². The monoisotopic (exact) mass is 396 g/mol. The summed E-state index contributed by atoms with van der Waals surface area (Å²) in [4.78, 5) is 16.5. The summed E-state index contributed by atoms with van der Waals surface area (Å²) < 4.78 is 12.4. The Morgan fingerprint density at radius 3 is 3.00 bits per heavy atom. The molecule has 1 aliphatic rings. The van der Waals surface area contributed by atoms with Crippen LogP contribution < -0.4 is 10.1 Å². The fourth-order valence-corrected chi connectivity index (χ4v) is 3.52. The molecule has 0 aromatic carbocycles. The van der Waals surface area contributed by atoms with E-state index in [9.17, 15) is 4.79 Å². The molecule has 0 saturated heterocycles. The van der Waals surface area contributed by atoms with E-state index >= 15 is 0 Å². The number of aryl methyl sites for hydroxylation is 1. The smallest absolute Gasteiger partial charge is 0.275 e. The summed E-state index contributed by atoms with van der Waals surface area (Å²) in [7, 11) is 3.32. The zero-order chi connectivity index (χ0) is 20.2. The van der Waals surface area contributed by atoms with Crippen LogP contribution in [-0.4, -0.2) is 44.6 Å². The Hall–Kier alpha value is -3.20. The number of ether oxygens (including phenoxy) is 2. The van der Waals surface area contributed by atoms with Gasteiger partial charge >= 0.3 is 0 Å². The van der Waals surface area contributed by atoms with E-state index in [0.29, 0.717) is 42.3 Å². The van der Waals surface area contributed by atoms with Gasteiger partial charge in [0.25, 0.3) is 5.91 Å². The molecule has 1 fully saturated rings. The van der Waals surface area contributed by atoms with Crippen molar-refractivity contribution in [3.05, 3.63) is 53.7 Å². The van der Waals surface area contributed by atoms with Crippen molar-refractivity contribution in [3.63, 3.8) is 0 Å². The molecule has 4 rings (SSSR count). The topological polar surface area (TPSA) is 107 Å². The third-order valence-electron chi connectivity index (χ3n) is 5.09. The molecule has 0 aliphatic heterocycles. The van der Waals surface area contributed by atoms with Crippen LogP contribution in [0.1, 0.15) is 40.6 Å². The van der Waals surface area contributed by atoms with Gasteiger partial charge in [0.1, 0.15) is 11.4 Å². The van der Waals surface area contributed by atoms with Gasteiger partial charge in [0.05, 0.1) is 25.1 Å². The van der Waals surface area contributed by atoms with E-state index < -0.39 is 0 Å². The molecule has 1 aliphatic carbocycles. The lowest BCUT2D eigenvalue weighted by Crippen LogP contribution is -2.27. The standard InChI is InChI=1S/C20H24N6O3/c1-26-18(8-15(25-26)12-28-2)20(27)22-19-9-17(23-24-19)14-6-13(7-14)11-29-16-4-3-5-21-10-16/h3-5,8-10,13-14H,6-7,11-12H2,1-2H3,(H2,22,23,24,27). The maximum absolute atomic E-state index is 12.5. The van der Waals surface area contributed by atoms with Crippen molar-refractivity contribution in [2.45, 2.75) is 25.4 Å². The third kappa shape index (κ3) is 4.45. The Morgan fingerprint density at radius 1 is 1.38 bits per heavy atom. The van der Waals surface area contributed by atoms with Crippen molar-refractivity contribution in [1.29, 1.82) is 0 Å². The van der Waals surface area contributed by atoms with Gasteiger partial charge in [0, 0.05) is 38.0 Å². The fourth-order valence-electron chi connectivity index (χ4n) is 3.52. The minimum absolute atomic E-state index is 0.253. The van der Waals surface area contributed by atoms with Crippen molar-refractivity contribution in [3.8, 4) is 5.75 Å². The van der Waals surface area contributed by atoms with Crippen molar-refractivity contribution in [2.75, 3.05) is 19.0 Å². The number of hydrogen-bond acceptors (Lipinski definition) is 6. The summed E-state index contributed by atoms with van der Waals surface area (Å²) in [5, 5.41) is 14.3. The second kappa shape index (κ2) is 8.44. The molecule has 3 aromatic heterocycles. The van der Waals surface area contributed by atoms with E-state index in [1.807, 2.05) is 18.2 Å².